The van der Waals surface area contributed by atoms with Crippen molar-refractivity contribution in [3.8, 4) is 0 Å². The first kappa shape index (κ1) is 12.0. The van der Waals surface area contributed by atoms with Crippen LogP contribution in [0.2, 0.25) is 0 Å². The molecule has 0 bridgehead atoms. The summed E-state index contributed by atoms with van der Waals surface area (Å²) in [7, 11) is 0. The van der Waals surface area contributed by atoms with Gasteiger partial charge in [0.25, 0.3) is 0 Å². The van der Waals surface area contributed by atoms with Gasteiger partial charge in [0.15, 0.2) is 0 Å². The van der Waals surface area contributed by atoms with E-state index in [1.807, 2.05) is 0 Å². The molecule has 0 aromatic rings. The van der Waals surface area contributed by atoms with Crippen LogP contribution in [-0.4, -0.2) is 36.1 Å². The van der Waals surface area contributed by atoms with Gasteiger partial charge in [-0.2, -0.15) is 0 Å². The van der Waals surface area contributed by atoms with Gasteiger partial charge in [0, 0.05) is 6.54 Å². The van der Waals surface area contributed by atoms with Crippen molar-refractivity contribution in [2.24, 2.45) is 5.92 Å². The maximum atomic E-state index is 11.7. The van der Waals surface area contributed by atoms with Gasteiger partial charge in [0.1, 0.15) is 6.04 Å². The van der Waals surface area contributed by atoms with Gasteiger partial charge in [-0.05, 0) is 25.8 Å². The second kappa shape index (κ2) is 5.70. The summed E-state index contributed by atoms with van der Waals surface area (Å²) < 4.78 is 0. The molecule has 1 saturated heterocycles. The van der Waals surface area contributed by atoms with Crippen molar-refractivity contribution in [1.82, 2.24) is 10.6 Å². The smallest absolute Gasteiger partial charge is 0.326 e. The van der Waals surface area contributed by atoms with E-state index in [0.717, 1.165) is 19.4 Å². The van der Waals surface area contributed by atoms with E-state index in [1.165, 1.54) is 0 Å². The molecule has 3 N–H and O–H groups in total. The van der Waals surface area contributed by atoms with Gasteiger partial charge < -0.3 is 15.7 Å². The number of carboxylic acids is 1. The van der Waals surface area contributed by atoms with E-state index >= 15 is 0 Å². The number of rotatable bonds is 4. The third-order valence-corrected chi connectivity index (χ3v) is 2.69. The highest BCUT2D eigenvalue weighted by Gasteiger charge is 2.25. The Labute approximate surface area is 89.2 Å². The van der Waals surface area contributed by atoms with Crippen molar-refractivity contribution < 1.29 is 14.7 Å². The number of amides is 1. The maximum absolute atomic E-state index is 11.7. The van der Waals surface area contributed by atoms with Gasteiger partial charge in [-0.25, -0.2) is 4.79 Å². The summed E-state index contributed by atoms with van der Waals surface area (Å²) in [6.07, 6.45) is 2.23. The SMILES string of the molecule is CC[C@@H](NC(=O)C1CCCNC1)C(=O)O. The van der Waals surface area contributed by atoms with Crippen LogP contribution in [0.3, 0.4) is 0 Å². The van der Waals surface area contributed by atoms with Crippen LogP contribution in [0.15, 0.2) is 0 Å². The summed E-state index contributed by atoms with van der Waals surface area (Å²) in [6, 6.07) is -0.751. The zero-order valence-electron chi connectivity index (χ0n) is 8.95. The van der Waals surface area contributed by atoms with Crippen molar-refractivity contribution in [2.75, 3.05) is 13.1 Å². The lowest BCUT2D eigenvalue weighted by atomic mass is 9.98. The number of carbonyl (C=O) groups is 2. The Bertz CT molecular complexity index is 237. The fourth-order valence-corrected chi connectivity index (χ4v) is 1.70. The fourth-order valence-electron chi connectivity index (χ4n) is 1.70. The maximum Gasteiger partial charge on any atom is 0.326 e. The minimum atomic E-state index is -0.963. The third kappa shape index (κ3) is 3.51. The largest absolute Gasteiger partial charge is 0.480 e. The molecule has 0 aliphatic carbocycles. The van der Waals surface area contributed by atoms with E-state index in [2.05, 4.69) is 10.6 Å². The molecule has 1 aliphatic heterocycles. The summed E-state index contributed by atoms with van der Waals surface area (Å²) in [6.45, 7) is 3.35. The number of carboxylic acid groups (broad SMARTS) is 1. The van der Waals surface area contributed by atoms with Crippen LogP contribution in [0, 0.1) is 5.92 Å². The molecule has 0 aromatic heterocycles. The standard InChI is InChI=1S/C10H18N2O3/c1-2-8(10(14)15)12-9(13)7-4-3-5-11-6-7/h7-8,11H,2-6H2,1H3,(H,12,13)(H,14,15)/t7?,8-/m1/s1. The average Bonchev–Trinajstić information content (AvgIpc) is 2.26. The Morgan fingerprint density at radius 2 is 2.33 bits per heavy atom. The lowest BCUT2D eigenvalue weighted by molar-refractivity contribution is -0.142. The van der Waals surface area contributed by atoms with Crippen LogP contribution in [0.5, 0.6) is 0 Å². The Balaban J connectivity index is 2.42. The van der Waals surface area contributed by atoms with E-state index in [1.54, 1.807) is 6.92 Å². The number of hydrogen-bond donors (Lipinski definition) is 3. The fraction of sp³-hybridized carbons (Fsp3) is 0.800. The highest BCUT2D eigenvalue weighted by atomic mass is 16.4. The zero-order chi connectivity index (χ0) is 11.3. The molecule has 1 unspecified atom stereocenters. The van der Waals surface area contributed by atoms with Crippen molar-refractivity contribution >= 4 is 11.9 Å². The second-order valence-electron chi connectivity index (χ2n) is 3.85. The first-order valence-corrected chi connectivity index (χ1v) is 5.39. The normalized spacial score (nSPS) is 23.1. The predicted molar refractivity (Wildman–Crippen MR) is 55.5 cm³/mol. The molecule has 1 amide bonds. The van der Waals surface area contributed by atoms with E-state index in [9.17, 15) is 9.59 Å². The molecule has 5 heteroatoms. The molecule has 0 aromatic carbocycles. The molecule has 2 atom stereocenters. The molecule has 15 heavy (non-hydrogen) atoms. The van der Waals surface area contributed by atoms with Crippen molar-refractivity contribution in [3.05, 3.63) is 0 Å². The average molecular weight is 214 g/mol. The molecule has 1 aliphatic rings. The first-order valence-electron chi connectivity index (χ1n) is 5.39. The first-order chi connectivity index (χ1) is 7.15. The minimum Gasteiger partial charge on any atom is -0.480 e. The molecule has 1 heterocycles. The summed E-state index contributed by atoms with van der Waals surface area (Å²) in [4.78, 5) is 22.4. The zero-order valence-corrected chi connectivity index (χ0v) is 8.95. The Morgan fingerprint density at radius 1 is 1.60 bits per heavy atom. The summed E-state index contributed by atoms with van der Waals surface area (Å²) in [5, 5.41) is 14.5. The van der Waals surface area contributed by atoms with Crippen LogP contribution < -0.4 is 10.6 Å². The number of carbonyl (C=O) groups excluding carboxylic acids is 1. The highest BCUT2D eigenvalue weighted by Crippen LogP contribution is 2.10. The van der Waals surface area contributed by atoms with Crippen molar-refractivity contribution in [2.45, 2.75) is 32.2 Å². The van der Waals surface area contributed by atoms with Gasteiger partial charge in [0.05, 0.1) is 5.92 Å². The molecule has 1 fully saturated rings. The van der Waals surface area contributed by atoms with Crippen LogP contribution in [-0.2, 0) is 9.59 Å². The quantitative estimate of drug-likeness (QED) is 0.614. The van der Waals surface area contributed by atoms with Gasteiger partial charge in [-0.1, -0.05) is 6.92 Å². The van der Waals surface area contributed by atoms with Crippen LogP contribution in [0.25, 0.3) is 0 Å². The lowest BCUT2D eigenvalue weighted by Gasteiger charge is -2.23. The van der Waals surface area contributed by atoms with E-state index in [4.69, 9.17) is 5.11 Å². The number of hydrogen-bond acceptors (Lipinski definition) is 3. The predicted octanol–water partition coefficient (Wildman–Crippen LogP) is -0.0346. The Kier molecular flexibility index (Phi) is 4.55. The Morgan fingerprint density at radius 3 is 2.80 bits per heavy atom. The molecular weight excluding hydrogens is 196 g/mol. The van der Waals surface area contributed by atoms with Gasteiger partial charge >= 0.3 is 5.97 Å². The topological polar surface area (TPSA) is 78.4 Å². The number of aliphatic carboxylic acids is 1. The van der Waals surface area contributed by atoms with Crippen LogP contribution in [0.4, 0.5) is 0 Å². The minimum absolute atomic E-state index is 0.0767. The summed E-state index contributed by atoms with van der Waals surface area (Å²) in [5.74, 6) is -1.18. The second-order valence-corrected chi connectivity index (χ2v) is 3.85. The lowest BCUT2D eigenvalue weighted by Crippen LogP contribution is -2.47. The van der Waals surface area contributed by atoms with Crippen LogP contribution >= 0.6 is 0 Å². The van der Waals surface area contributed by atoms with E-state index < -0.39 is 12.0 Å². The molecule has 1 rings (SSSR count). The molecule has 5 nitrogen and oxygen atoms in total. The molecule has 0 spiro atoms. The molecule has 0 radical (unpaired) electrons. The number of piperidine rings is 1. The Hall–Kier alpha value is -1.10. The molecule has 0 saturated carbocycles. The summed E-state index contributed by atoms with van der Waals surface area (Å²) >= 11 is 0. The van der Waals surface area contributed by atoms with E-state index in [0.29, 0.717) is 13.0 Å². The third-order valence-electron chi connectivity index (χ3n) is 2.69. The van der Waals surface area contributed by atoms with Crippen molar-refractivity contribution in [3.63, 3.8) is 0 Å². The van der Waals surface area contributed by atoms with E-state index in [-0.39, 0.29) is 11.8 Å². The van der Waals surface area contributed by atoms with Gasteiger partial charge in [-0.3, -0.25) is 4.79 Å². The number of nitrogens with one attached hydrogen (secondary N) is 2. The summed E-state index contributed by atoms with van der Waals surface area (Å²) in [5.41, 5.74) is 0. The molecular formula is C10H18N2O3. The van der Waals surface area contributed by atoms with Gasteiger partial charge in [0.2, 0.25) is 5.91 Å². The van der Waals surface area contributed by atoms with Crippen LogP contribution in [0.1, 0.15) is 26.2 Å². The monoisotopic (exact) mass is 214 g/mol. The highest BCUT2D eigenvalue weighted by molar-refractivity contribution is 5.85. The van der Waals surface area contributed by atoms with Gasteiger partial charge in [-0.15, -0.1) is 0 Å². The van der Waals surface area contributed by atoms with Crippen molar-refractivity contribution in [1.29, 1.82) is 0 Å². The molecule has 86 valence electrons.